The third kappa shape index (κ3) is 4.64. The van der Waals surface area contributed by atoms with Gasteiger partial charge in [-0.15, -0.1) is 0 Å². The molecular weight excluding hydrogens is 250 g/mol. The predicted molar refractivity (Wildman–Crippen MR) is 81.6 cm³/mol. The van der Waals surface area contributed by atoms with Crippen molar-refractivity contribution in [1.29, 1.82) is 0 Å². The molecule has 2 rings (SSSR count). The SMILES string of the molecule is Cc1oc(CNC(C)C)cc1COC1CCCC(C)C1. The molecule has 0 saturated heterocycles. The van der Waals surface area contributed by atoms with E-state index in [9.17, 15) is 0 Å². The summed E-state index contributed by atoms with van der Waals surface area (Å²) in [5.74, 6) is 2.81. The van der Waals surface area contributed by atoms with E-state index in [-0.39, 0.29) is 0 Å². The van der Waals surface area contributed by atoms with Gasteiger partial charge in [0, 0.05) is 11.6 Å². The minimum absolute atomic E-state index is 0.435. The maximum Gasteiger partial charge on any atom is 0.118 e. The molecule has 114 valence electrons. The lowest BCUT2D eigenvalue weighted by molar-refractivity contribution is 0.00423. The molecule has 3 nitrogen and oxygen atoms in total. The summed E-state index contributed by atoms with van der Waals surface area (Å²) in [7, 11) is 0. The van der Waals surface area contributed by atoms with Gasteiger partial charge in [0.15, 0.2) is 0 Å². The molecule has 0 amide bonds. The maximum absolute atomic E-state index is 6.08. The van der Waals surface area contributed by atoms with E-state index >= 15 is 0 Å². The summed E-state index contributed by atoms with van der Waals surface area (Å²) < 4.78 is 11.9. The molecule has 3 heteroatoms. The van der Waals surface area contributed by atoms with Crippen LogP contribution in [0.5, 0.6) is 0 Å². The molecule has 1 aromatic heterocycles. The van der Waals surface area contributed by atoms with E-state index in [2.05, 4.69) is 32.2 Å². The molecule has 2 atom stereocenters. The van der Waals surface area contributed by atoms with Crippen LogP contribution in [0.25, 0.3) is 0 Å². The molecule has 1 fully saturated rings. The fourth-order valence-electron chi connectivity index (χ4n) is 2.86. The minimum Gasteiger partial charge on any atom is -0.465 e. The number of hydrogen-bond donors (Lipinski definition) is 1. The number of ether oxygens (including phenoxy) is 1. The Hall–Kier alpha value is -0.800. The normalized spacial score (nSPS) is 23.4. The smallest absolute Gasteiger partial charge is 0.118 e. The van der Waals surface area contributed by atoms with E-state index in [1.165, 1.54) is 31.2 Å². The third-order valence-corrected chi connectivity index (χ3v) is 4.12. The Labute approximate surface area is 123 Å². The first-order chi connectivity index (χ1) is 9.54. The van der Waals surface area contributed by atoms with Gasteiger partial charge in [-0.1, -0.05) is 33.6 Å². The van der Waals surface area contributed by atoms with Crippen LogP contribution < -0.4 is 5.32 Å². The Morgan fingerprint density at radius 3 is 2.90 bits per heavy atom. The highest BCUT2D eigenvalue weighted by Gasteiger charge is 2.20. The van der Waals surface area contributed by atoms with E-state index in [0.29, 0.717) is 18.8 Å². The highest BCUT2D eigenvalue weighted by Crippen LogP contribution is 2.27. The molecular formula is C17H29NO2. The fraction of sp³-hybridized carbons (Fsp3) is 0.765. The van der Waals surface area contributed by atoms with Crippen molar-refractivity contribution < 1.29 is 9.15 Å². The molecule has 0 aromatic carbocycles. The predicted octanol–water partition coefficient (Wildman–Crippen LogP) is 4.18. The topological polar surface area (TPSA) is 34.4 Å². The summed E-state index contributed by atoms with van der Waals surface area (Å²) in [6.45, 7) is 10.1. The number of furan rings is 1. The molecule has 2 unspecified atom stereocenters. The molecule has 0 bridgehead atoms. The fourth-order valence-corrected chi connectivity index (χ4v) is 2.86. The molecule has 1 saturated carbocycles. The van der Waals surface area contributed by atoms with Gasteiger partial charge in [-0.25, -0.2) is 0 Å². The summed E-state index contributed by atoms with van der Waals surface area (Å²) >= 11 is 0. The van der Waals surface area contributed by atoms with Crippen molar-refractivity contribution in [3.63, 3.8) is 0 Å². The minimum atomic E-state index is 0.435. The average Bonchev–Trinajstić information content (AvgIpc) is 2.75. The molecule has 1 aromatic rings. The van der Waals surface area contributed by atoms with E-state index in [0.717, 1.165) is 24.0 Å². The lowest BCUT2D eigenvalue weighted by Gasteiger charge is -2.26. The summed E-state index contributed by atoms with van der Waals surface area (Å²) in [5, 5.41) is 3.38. The second-order valence-electron chi connectivity index (χ2n) is 6.53. The highest BCUT2D eigenvalue weighted by molar-refractivity contribution is 5.20. The molecule has 1 N–H and O–H groups in total. The highest BCUT2D eigenvalue weighted by atomic mass is 16.5. The second-order valence-corrected chi connectivity index (χ2v) is 6.53. The molecule has 1 heterocycles. The quantitative estimate of drug-likeness (QED) is 0.848. The van der Waals surface area contributed by atoms with Gasteiger partial charge in [0.2, 0.25) is 0 Å². The zero-order chi connectivity index (χ0) is 14.5. The number of rotatable bonds is 6. The van der Waals surface area contributed by atoms with Crippen LogP contribution in [0.3, 0.4) is 0 Å². The van der Waals surface area contributed by atoms with Crippen LogP contribution in [-0.4, -0.2) is 12.1 Å². The van der Waals surface area contributed by atoms with Crippen LogP contribution in [-0.2, 0) is 17.9 Å². The maximum atomic E-state index is 6.08. The van der Waals surface area contributed by atoms with Gasteiger partial charge in [-0.2, -0.15) is 0 Å². The van der Waals surface area contributed by atoms with Crippen molar-refractivity contribution in [3.8, 4) is 0 Å². The van der Waals surface area contributed by atoms with E-state index in [1.807, 2.05) is 6.92 Å². The van der Waals surface area contributed by atoms with Crippen molar-refractivity contribution >= 4 is 0 Å². The van der Waals surface area contributed by atoms with Gasteiger partial charge in [0.05, 0.1) is 19.3 Å². The van der Waals surface area contributed by atoms with Crippen LogP contribution >= 0.6 is 0 Å². The zero-order valence-corrected chi connectivity index (χ0v) is 13.4. The van der Waals surface area contributed by atoms with E-state index in [4.69, 9.17) is 9.15 Å². The first-order valence-electron chi connectivity index (χ1n) is 7.97. The molecule has 20 heavy (non-hydrogen) atoms. The third-order valence-electron chi connectivity index (χ3n) is 4.12. The lowest BCUT2D eigenvalue weighted by atomic mass is 9.89. The Morgan fingerprint density at radius 2 is 2.20 bits per heavy atom. The molecule has 0 radical (unpaired) electrons. The second kappa shape index (κ2) is 7.28. The summed E-state index contributed by atoms with van der Waals surface area (Å²) in [4.78, 5) is 0. The van der Waals surface area contributed by atoms with Crippen LogP contribution in [0.15, 0.2) is 10.5 Å². The standard InChI is InChI=1S/C17H29NO2/c1-12(2)18-10-17-9-15(14(4)20-17)11-19-16-7-5-6-13(3)8-16/h9,12-13,16,18H,5-8,10-11H2,1-4H3. The summed E-state index contributed by atoms with van der Waals surface area (Å²) in [6.07, 6.45) is 5.52. The van der Waals surface area contributed by atoms with E-state index < -0.39 is 0 Å². The Kier molecular flexibility index (Phi) is 5.67. The molecule has 1 aliphatic carbocycles. The van der Waals surface area contributed by atoms with Gasteiger partial charge in [0.25, 0.3) is 0 Å². The first-order valence-corrected chi connectivity index (χ1v) is 7.97. The lowest BCUT2D eigenvalue weighted by Crippen LogP contribution is -2.21. The van der Waals surface area contributed by atoms with Crippen molar-refractivity contribution in [3.05, 3.63) is 23.2 Å². The van der Waals surface area contributed by atoms with Crippen molar-refractivity contribution in [2.75, 3.05) is 0 Å². The number of aryl methyl sites for hydroxylation is 1. The van der Waals surface area contributed by atoms with Gasteiger partial charge >= 0.3 is 0 Å². The summed E-state index contributed by atoms with van der Waals surface area (Å²) in [6, 6.07) is 2.61. The number of nitrogens with one attached hydrogen (secondary N) is 1. The van der Waals surface area contributed by atoms with Gasteiger partial charge < -0.3 is 14.5 Å². The Bertz CT molecular complexity index is 411. The van der Waals surface area contributed by atoms with Crippen LogP contribution in [0, 0.1) is 12.8 Å². The van der Waals surface area contributed by atoms with Crippen molar-refractivity contribution in [2.24, 2.45) is 5.92 Å². The van der Waals surface area contributed by atoms with Crippen molar-refractivity contribution in [2.45, 2.75) is 78.7 Å². The largest absolute Gasteiger partial charge is 0.465 e. The van der Waals surface area contributed by atoms with Gasteiger partial charge in [0.1, 0.15) is 11.5 Å². The molecule has 0 aliphatic heterocycles. The number of hydrogen-bond acceptors (Lipinski definition) is 3. The summed E-state index contributed by atoms with van der Waals surface area (Å²) in [5.41, 5.74) is 1.20. The zero-order valence-electron chi connectivity index (χ0n) is 13.4. The monoisotopic (exact) mass is 279 g/mol. The average molecular weight is 279 g/mol. The van der Waals surface area contributed by atoms with Crippen molar-refractivity contribution in [1.82, 2.24) is 5.32 Å². The van der Waals surface area contributed by atoms with Crippen LogP contribution in [0.2, 0.25) is 0 Å². The van der Waals surface area contributed by atoms with Gasteiger partial charge in [-0.05, 0) is 31.7 Å². The van der Waals surface area contributed by atoms with Crippen LogP contribution in [0.4, 0.5) is 0 Å². The Morgan fingerprint density at radius 1 is 1.40 bits per heavy atom. The Balaban J connectivity index is 1.83. The van der Waals surface area contributed by atoms with Crippen LogP contribution in [0.1, 0.15) is 63.5 Å². The molecule has 0 spiro atoms. The van der Waals surface area contributed by atoms with E-state index in [1.54, 1.807) is 0 Å². The molecule has 1 aliphatic rings. The first kappa shape index (κ1) is 15.6. The van der Waals surface area contributed by atoms with Gasteiger partial charge in [-0.3, -0.25) is 0 Å².